The molecule has 0 saturated heterocycles. The predicted octanol–water partition coefficient (Wildman–Crippen LogP) is 3.89. The van der Waals surface area contributed by atoms with Gasteiger partial charge in [-0.2, -0.15) is 0 Å². The maximum absolute atomic E-state index is 12.8. The van der Waals surface area contributed by atoms with Gasteiger partial charge in [-0.1, -0.05) is 12.1 Å². The van der Waals surface area contributed by atoms with Crippen molar-refractivity contribution in [1.29, 1.82) is 0 Å². The zero-order chi connectivity index (χ0) is 18.5. The van der Waals surface area contributed by atoms with Crippen LogP contribution in [0.2, 0.25) is 0 Å². The van der Waals surface area contributed by atoms with Crippen molar-refractivity contribution in [3.05, 3.63) is 68.9 Å². The van der Waals surface area contributed by atoms with Crippen molar-refractivity contribution in [1.82, 2.24) is 0 Å². The Bertz CT molecular complexity index is 1030. The Hall–Kier alpha value is -3.35. The predicted molar refractivity (Wildman–Crippen MR) is 97.0 cm³/mol. The van der Waals surface area contributed by atoms with E-state index in [2.05, 4.69) is 5.32 Å². The molecular weight excluding hydrogens is 348 g/mol. The maximum atomic E-state index is 12.8. The standard InChI is InChI=1S/C20H16N2O5/c23-16-6-2-5-14-20(16)19(11-3-1-4-12(7-11)22(24)25)13-8-17-18(27-10-26-17)9-15(13)21-14/h1,3-4,7-9,19,21H,2,5-6,10H2. The van der Waals surface area contributed by atoms with Crippen LogP contribution in [-0.2, 0) is 4.79 Å². The van der Waals surface area contributed by atoms with Crippen LogP contribution in [0.25, 0.3) is 0 Å². The van der Waals surface area contributed by atoms with E-state index >= 15 is 0 Å². The maximum Gasteiger partial charge on any atom is 0.269 e. The molecule has 3 aliphatic rings. The lowest BCUT2D eigenvalue weighted by Gasteiger charge is -2.34. The van der Waals surface area contributed by atoms with Crippen LogP contribution in [-0.4, -0.2) is 17.5 Å². The van der Waals surface area contributed by atoms with Crippen LogP contribution in [0.1, 0.15) is 36.3 Å². The number of Topliss-reactive ketones (excluding diaryl/α,β-unsaturated/α-hetero) is 1. The summed E-state index contributed by atoms with van der Waals surface area (Å²) in [4.78, 5) is 23.6. The number of ketones is 1. The monoisotopic (exact) mass is 364 g/mol. The highest BCUT2D eigenvalue weighted by Crippen LogP contribution is 2.49. The molecule has 1 aliphatic carbocycles. The van der Waals surface area contributed by atoms with E-state index < -0.39 is 4.92 Å². The summed E-state index contributed by atoms with van der Waals surface area (Å²) < 4.78 is 11.0. The van der Waals surface area contributed by atoms with E-state index in [4.69, 9.17) is 9.47 Å². The fraction of sp³-hybridized carbons (Fsp3) is 0.250. The molecule has 27 heavy (non-hydrogen) atoms. The number of carbonyl (C=O) groups excluding carboxylic acids is 1. The van der Waals surface area contributed by atoms with Gasteiger partial charge in [0.25, 0.3) is 5.69 Å². The molecule has 2 aromatic rings. The Morgan fingerprint density at radius 3 is 2.74 bits per heavy atom. The molecule has 1 unspecified atom stereocenters. The molecule has 0 amide bonds. The average molecular weight is 364 g/mol. The first-order valence-electron chi connectivity index (χ1n) is 8.83. The van der Waals surface area contributed by atoms with Crippen LogP contribution in [0.15, 0.2) is 47.7 Å². The lowest BCUT2D eigenvalue weighted by Crippen LogP contribution is -2.26. The molecule has 0 fully saturated rings. The summed E-state index contributed by atoms with van der Waals surface area (Å²) in [5, 5.41) is 14.6. The Balaban J connectivity index is 1.73. The van der Waals surface area contributed by atoms with E-state index in [0.29, 0.717) is 23.5 Å². The molecule has 1 N–H and O–H groups in total. The first-order chi connectivity index (χ1) is 13.1. The largest absolute Gasteiger partial charge is 0.454 e. The van der Waals surface area contributed by atoms with Crippen LogP contribution in [0, 0.1) is 10.1 Å². The fourth-order valence-electron chi connectivity index (χ4n) is 4.12. The van der Waals surface area contributed by atoms with Gasteiger partial charge in [0.05, 0.1) is 4.92 Å². The number of non-ortho nitro benzene ring substituents is 1. The lowest BCUT2D eigenvalue weighted by atomic mass is 9.75. The van der Waals surface area contributed by atoms with Gasteiger partial charge in [0.2, 0.25) is 6.79 Å². The summed E-state index contributed by atoms with van der Waals surface area (Å²) in [6, 6.07) is 10.3. The molecule has 0 bridgehead atoms. The van der Waals surface area contributed by atoms with E-state index in [1.165, 1.54) is 6.07 Å². The van der Waals surface area contributed by atoms with Gasteiger partial charge in [0.15, 0.2) is 17.3 Å². The van der Waals surface area contributed by atoms with Gasteiger partial charge < -0.3 is 14.8 Å². The van der Waals surface area contributed by atoms with Gasteiger partial charge in [-0.05, 0) is 30.0 Å². The minimum Gasteiger partial charge on any atom is -0.454 e. The number of ether oxygens (including phenoxy) is 2. The fourth-order valence-corrected chi connectivity index (χ4v) is 4.12. The molecule has 0 saturated carbocycles. The van der Waals surface area contributed by atoms with Crippen molar-refractivity contribution >= 4 is 17.2 Å². The number of rotatable bonds is 2. The Morgan fingerprint density at radius 1 is 1.11 bits per heavy atom. The van der Waals surface area contributed by atoms with Crippen LogP contribution in [0.4, 0.5) is 11.4 Å². The number of allylic oxidation sites excluding steroid dienone is 2. The quantitative estimate of drug-likeness (QED) is 0.642. The van der Waals surface area contributed by atoms with Gasteiger partial charge in [-0.3, -0.25) is 14.9 Å². The zero-order valence-electron chi connectivity index (χ0n) is 14.4. The second-order valence-electron chi connectivity index (χ2n) is 6.87. The van der Waals surface area contributed by atoms with Crippen molar-refractivity contribution in [2.45, 2.75) is 25.2 Å². The van der Waals surface area contributed by atoms with E-state index in [1.54, 1.807) is 12.1 Å². The molecule has 5 rings (SSSR count). The third-order valence-corrected chi connectivity index (χ3v) is 5.30. The third-order valence-electron chi connectivity index (χ3n) is 5.30. The van der Waals surface area contributed by atoms with Gasteiger partial charge in [-0.25, -0.2) is 0 Å². The van der Waals surface area contributed by atoms with Gasteiger partial charge in [-0.15, -0.1) is 0 Å². The Kier molecular flexibility index (Phi) is 3.43. The molecule has 2 aromatic carbocycles. The normalized spacial score (nSPS) is 20.0. The summed E-state index contributed by atoms with van der Waals surface area (Å²) in [5.74, 6) is 1.01. The Labute approximate surface area is 154 Å². The molecule has 0 aromatic heterocycles. The smallest absolute Gasteiger partial charge is 0.269 e. The summed E-state index contributed by atoms with van der Waals surface area (Å²) in [6.45, 7) is 0.159. The number of nitrogens with one attached hydrogen (secondary N) is 1. The number of hydrogen-bond donors (Lipinski definition) is 1. The molecule has 7 heteroatoms. The first-order valence-corrected chi connectivity index (χ1v) is 8.83. The molecular formula is C20H16N2O5. The summed E-state index contributed by atoms with van der Waals surface area (Å²) in [5.41, 5.74) is 4.06. The van der Waals surface area contributed by atoms with Gasteiger partial charge in [0.1, 0.15) is 0 Å². The van der Waals surface area contributed by atoms with Crippen molar-refractivity contribution < 1.29 is 19.2 Å². The molecule has 2 aliphatic heterocycles. The minimum absolute atomic E-state index is 0.0127. The number of benzene rings is 2. The van der Waals surface area contributed by atoms with E-state index in [-0.39, 0.29) is 24.2 Å². The summed E-state index contributed by atoms with van der Waals surface area (Å²) in [6.07, 6.45) is 2.07. The van der Waals surface area contributed by atoms with Crippen molar-refractivity contribution in [3.63, 3.8) is 0 Å². The lowest BCUT2D eigenvalue weighted by molar-refractivity contribution is -0.384. The van der Waals surface area contributed by atoms with Crippen molar-refractivity contribution in [2.75, 3.05) is 12.1 Å². The third kappa shape index (κ3) is 2.46. The van der Waals surface area contributed by atoms with Crippen LogP contribution in [0.5, 0.6) is 11.5 Å². The number of carbonyl (C=O) groups is 1. The van der Waals surface area contributed by atoms with E-state index in [1.807, 2.05) is 18.2 Å². The SMILES string of the molecule is O=C1CCCC2=C1C(c1cccc([N+](=O)[O-])c1)c1cc3c(cc1N2)OCO3. The molecule has 1 atom stereocenters. The number of nitrogens with zero attached hydrogens (tertiary/aromatic N) is 1. The zero-order valence-corrected chi connectivity index (χ0v) is 14.4. The Morgan fingerprint density at radius 2 is 1.93 bits per heavy atom. The van der Waals surface area contributed by atoms with E-state index in [9.17, 15) is 14.9 Å². The molecule has 2 heterocycles. The molecule has 7 nitrogen and oxygen atoms in total. The first kappa shape index (κ1) is 15.9. The number of nitro benzene ring substituents is 1. The second kappa shape index (κ2) is 5.84. The topological polar surface area (TPSA) is 90.7 Å². The van der Waals surface area contributed by atoms with E-state index in [0.717, 1.165) is 35.4 Å². The average Bonchev–Trinajstić information content (AvgIpc) is 3.12. The van der Waals surface area contributed by atoms with Crippen molar-refractivity contribution in [3.8, 4) is 11.5 Å². The number of fused-ring (bicyclic) bond motifs is 2. The van der Waals surface area contributed by atoms with Gasteiger partial charge >= 0.3 is 0 Å². The van der Waals surface area contributed by atoms with Crippen LogP contribution < -0.4 is 14.8 Å². The number of hydrogen-bond acceptors (Lipinski definition) is 6. The van der Waals surface area contributed by atoms with Crippen LogP contribution >= 0.6 is 0 Å². The second-order valence-corrected chi connectivity index (χ2v) is 6.87. The summed E-state index contributed by atoms with van der Waals surface area (Å²) >= 11 is 0. The van der Waals surface area contributed by atoms with Crippen LogP contribution in [0.3, 0.4) is 0 Å². The number of nitro groups is 1. The summed E-state index contributed by atoms with van der Waals surface area (Å²) in [7, 11) is 0. The highest BCUT2D eigenvalue weighted by molar-refractivity contribution is 6.01. The van der Waals surface area contributed by atoms with Crippen molar-refractivity contribution in [2.24, 2.45) is 0 Å². The molecule has 0 radical (unpaired) electrons. The molecule has 136 valence electrons. The minimum atomic E-state index is -0.414. The molecule has 0 spiro atoms. The number of anilines is 1. The highest BCUT2D eigenvalue weighted by atomic mass is 16.7. The van der Waals surface area contributed by atoms with Gasteiger partial charge in [0, 0.05) is 47.5 Å². The highest BCUT2D eigenvalue weighted by Gasteiger charge is 2.37.